The first-order chi connectivity index (χ1) is 11.4. The lowest BCUT2D eigenvalue weighted by Crippen LogP contribution is -2.36. The number of carbonyl (C=O) groups excluding carboxylic acids is 1. The third kappa shape index (κ3) is 3.62. The summed E-state index contributed by atoms with van der Waals surface area (Å²) >= 11 is 0. The maximum absolute atomic E-state index is 13.4. The molecule has 2 fully saturated rings. The molecule has 5 atom stereocenters. The molecule has 0 aromatic heterocycles. The van der Waals surface area contributed by atoms with Gasteiger partial charge >= 0.3 is 5.97 Å². The second-order valence-corrected chi connectivity index (χ2v) is 7.92. The molecule has 0 spiro atoms. The van der Waals surface area contributed by atoms with Crippen molar-refractivity contribution in [2.45, 2.75) is 58.5 Å². The Balaban J connectivity index is 1.62. The molecule has 4 heteroatoms. The topological polar surface area (TPSA) is 26.3 Å². The molecule has 0 N–H and O–H groups in total. The van der Waals surface area contributed by atoms with Crippen molar-refractivity contribution in [3.63, 3.8) is 0 Å². The number of hydrogen-bond donors (Lipinski definition) is 0. The van der Waals surface area contributed by atoms with Crippen LogP contribution in [-0.4, -0.2) is 12.1 Å². The number of rotatable bonds is 4. The van der Waals surface area contributed by atoms with Gasteiger partial charge in [0.25, 0.3) is 0 Å². The summed E-state index contributed by atoms with van der Waals surface area (Å²) in [5, 5.41) is 0. The minimum Gasteiger partial charge on any atom is -0.462 e. The van der Waals surface area contributed by atoms with Gasteiger partial charge in [0.1, 0.15) is 6.10 Å². The van der Waals surface area contributed by atoms with E-state index in [-0.39, 0.29) is 23.9 Å². The van der Waals surface area contributed by atoms with Crippen molar-refractivity contribution >= 4 is 5.97 Å². The van der Waals surface area contributed by atoms with E-state index in [1.54, 1.807) is 6.07 Å². The summed E-state index contributed by atoms with van der Waals surface area (Å²) in [6, 6.07) is 3.89. The molecule has 2 saturated carbocycles. The van der Waals surface area contributed by atoms with E-state index in [0.717, 1.165) is 18.9 Å². The van der Waals surface area contributed by atoms with Crippen LogP contribution in [-0.2, 0) is 9.53 Å². The molecule has 0 heterocycles. The highest BCUT2D eigenvalue weighted by Crippen LogP contribution is 2.49. The van der Waals surface area contributed by atoms with Gasteiger partial charge in [0.2, 0.25) is 0 Å². The highest BCUT2D eigenvalue weighted by molar-refractivity contribution is 5.77. The maximum atomic E-state index is 13.4. The van der Waals surface area contributed by atoms with Gasteiger partial charge in [0.15, 0.2) is 11.6 Å². The van der Waals surface area contributed by atoms with E-state index in [1.807, 2.05) is 0 Å². The third-order valence-electron chi connectivity index (χ3n) is 5.69. The second kappa shape index (κ2) is 6.81. The van der Waals surface area contributed by atoms with Crippen LogP contribution in [0.15, 0.2) is 18.2 Å². The van der Waals surface area contributed by atoms with Gasteiger partial charge in [-0.25, -0.2) is 8.78 Å². The number of esters is 1. The summed E-state index contributed by atoms with van der Waals surface area (Å²) in [7, 11) is 0. The zero-order valence-electron chi connectivity index (χ0n) is 14.6. The summed E-state index contributed by atoms with van der Waals surface area (Å²) in [4.78, 5) is 12.5. The van der Waals surface area contributed by atoms with E-state index in [1.165, 1.54) is 12.5 Å². The Hall–Kier alpha value is -1.45. The minimum absolute atomic E-state index is 0.00699. The Bertz CT molecular complexity index is 614. The first-order valence-electron chi connectivity index (χ1n) is 9.02. The fourth-order valence-electron chi connectivity index (χ4n) is 4.05. The normalized spacial score (nSPS) is 32.7. The van der Waals surface area contributed by atoms with Crippen molar-refractivity contribution in [3.8, 4) is 0 Å². The number of ether oxygens (including phenoxy) is 1. The molecule has 2 aliphatic rings. The number of hydrogen-bond acceptors (Lipinski definition) is 2. The van der Waals surface area contributed by atoms with Crippen LogP contribution in [0, 0.1) is 35.3 Å². The summed E-state index contributed by atoms with van der Waals surface area (Å²) in [6.45, 7) is 6.57. The Labute approximate surface area is 142 Å². The van der Waals surface area contributed by atoms with Crippen LogP contribution >= 0.6 is 0 Å². The average molecular weight is 336 g/mol. The standard InChI is InChI=1S/C20H26F2O2/c1-11(2)14-6-4-12(3)8-19(14)24-20(23)16-10-15(16)13-5-7-17(21)18(22)9-13/h5,7,9,11-12,14-16,19H,4,6,8,10H2,1-3H3/t12?,14?,15-,16+,19?/m0/s1. The first kappa shape index (κ1) is 17.4. The average Bonchev–Trinajstić information content (AvgIpc) is 3.30. The highest BCUT2D eigenvalue weighted by atomic mass is 19.2. The molecule has 0 radical (unpaired) electrons. The SMILES string of the molecule is CC1CCC(C(C)C)C(OC(=O)[C@@H]2C[C@H]2c2ccc(F)c(F)c2)C1. The van der Waals surface area contributed by atoms with Gasteiger partial charge in [0, 0.05) is 0 Å². The van der Waals surface area contributed by atoms with Gasteiger partial charge in [-0.15, -0.1) is 0 Å². The van der Waals surface area contributed by atoms with Crippen LogP contribution in [0.25, 0.3) is 0 Å². The number of halogens is 2. The van der Waals surface area contributed by atoms with Gasteiger partial charge < -0.3 is 4.74 Å². The fraction of sp³-hybridized carbons (Fsp3) is 0.650. The van der Waals surface area contributed by atoms with Crippen molar-refractivity contribution in [1.29, 1.82) is 0 Å². The van der Waals surface area contributed by atoms with Crippen molar-refractivity contribution < 1.29 is 18.3 Å². The van der Waals surface area contributed by atoms with E-state index < -0.39 is 11.6 Å². The molecule has 3 rings (SSSR count). The Morgan fingerprint density at radius 1 is 1.17 bits per heavy atom. The van der Waals surface area contributed by atoms with Crippen LogP contribution in [0.1, 0.15) is 57.9 Å². The molecular formula is C20H26F2O2. The van der Waals surface area contributed by atoms with Gasteiger partial charge in [0.05, 0.1) is 5.92 Å². The van der Waals surface area contributed by atoms with Crippen LogP contribution in [0.5, 0.6) is 0 Å². The van der Waals surface area contributed by atoms with E-state index in [9.17, 15) is 13.6 Å². The van der Waals surface area contributed by atoms with Crippen molar-refractivity contribution in [1.82, 2.24) is 0 Å². The zero-order chi connectivity index (χ0) is 17.4. The van der Waals surface area contributed by atoms with Crippen molar-refractivity contribution in [2.75, 3.05) is 0 Å². The van der Waals surface area contributed by atoms with Crippen LogP contribution < -0.4 is 0 Å². The van der Waals surface area contributed by atoms with E-state index in [0.29, 0.717) is 29.7 Å². The molecule has 3 unspecified atom stereocenters. The lowest BCUT2D eigenvalue weighted by Gasteiger charge is -2.36. The van der Waals surface area contributed by atoms with Gasteiger partial charge in [-0.05, 0) is 60.6 Å². The largest absolute Gasteiger partial charge is 0.462 e. The van der Waals surface area contributed by atoms with Crippen LogP contribution in [0.4, 0.5) is 8.78 Å². The maximum Gasteiger partial charge on any atom is 0.309 e. The summed E-state index contributed by atoms with van der Waals surface area (Å²) in [6.07, 6.45) is 3.88. The molecule has 2 nitrogen and oxygen atoms in total. The van der Waals surface area contributed by atoms with E-state index in [4.69, 9.17) is 4.74 Å². The molecule has 1 aromatic carbocycles. The van der Waals surface area contributed by atoms with Crippen LogP contribution in [0.3, 0.4) is 0 Å². The predicted octanol–water partition coefficient (Wildman–Crippen LogP) is 5.07. The third-order valence-corrected chi connectivity index (χ3v) is 5.69. The quantitative estimate of drug-likeness (QED) is 0.717. The predicted molar refractivity (Wildman–Crippen MR) is 88.4 cm³/mol. The molecule has 2 aliphatic carbocycles. The molecule has 1 aromatic rings. The zero-order valence-corrected chi connectivity index (χ0v) is 14.6. The highest BCUT2D eigenvalue weighted by Gasteiger charge is 2.47. The Morgan fingerprint density at radius 2 is 1.92 bits per heavy atom. The molecule has 132 valence electrons. The Morgan fingerprint density at radius 3 is 2.58 bits per heavy atom. The summed E-state index contributed by atoms with van der Waals surface area (Å²) in [5.41, 5.74) is 0.688. The summed E-state index contributed by atoms with van der Waals surface area (Å²) in [5.74, 6) is -0.622. The lowest BCUT2D eigenvalue weighted by molar-refractivity contribution is -0.157. The van der Waals surface area contributed by atoms with Gasteiger partial charge in [-0.2, -0.15) is 0 Å². The smallest absolute Gasteiger partial charge is 0.309 e. The molecule has 0 saturated heterocycles. The molecule has 0 bridgehead atoms. The van der Waals surface area contributed by atoms with Gasteiger partial charge in [-0.1, -0.05) is 33.3 Å². The molecule has 0 amide bonds. The fourth-order valence-corrected chi connectivity index (χ4v) is 4.05. The van der Waals surface area contributed by atoms with E-state index in [2.05, 4.69) is 20.8 Å². The monoisotopic (exact) mass is 336 g/mol. The van der Waals surface area contributed by atoms with Gasteiger partial charge in [-0.3, -0.25) is 4.79 Å². The van der Waals surface area contributed by atoms with E-state index >= 15 is 0 Å². The minimum atomic E-state index is -0.854. The van der Waals surface area contributed by atoms with Crippen molar-refractivity contribution in [2.24, 2.45) is 23.7 Å². The summed E-state index contributed by atoms with van der Waals surface area (Å²) < 4.78 is 32.3. The molecular weight excluding hydrogens is 310 g/mol. The molecule has 0 aliphatic heterocycles. The lowest BCUT2D eigenvalue weighted by atomic mass is 9.75. The molecule has 24 heavy (non-hydrogen) atoms. The first-order valence-corrected chi connectivity index (χ1v) is 9.02. The number of benzene rings is 1. The second-order valence-electron chi connectivity index (χ2n) is 7.92. The number of carbonyl (C=O) groups is 1. The Kier molecular flexibility index (Phi) is 4.93. The van der Waals surface area contributed by atoms with Crippen molar-refractivity contribution in [3.05, 3.63) is 35.4 Å². The van der Waals surface area contributed by atoms with Crippen LogP contribution in [0.2, 0.25) is 0 Å².